The van der Waals surface area contributed by atoms with E-state index in [2.05, 4.69) is 36.7 Å². The summed E-state index contributed by atoms with van der Waals surface area (Å²) in [5, 5.41) is 3.35. The smallest absolute Gasteiger partial charge is 0.256 e. The van der Waals surface area contributed by atoms with Gasteiger partial charge in [-0.1, -0.05) is 19.3 Å². The number of nitrogens with one attached hydrogen (secondary N) is 1. The zero-order valence-electron chi connectivity index (χ0n) is 14.6. The minimum Gasteiger partial charge on any atom is -0.345 e. The number of aromatic nitrogens is 1. The van der Waals surface area contributed by atoms with Gasteiger partial charge in [-0.15, -0.1) is 12.4 Å². The third-order valence-electron chi connectivity index (χ3n) is 5.42. The van der Waals surface area contributed by atoms with Gasteiger partial charge in [-0.25, -0.2) is 0 Å². The number of hydrogen-bond donors (Lipinski definition) is 1. The highest BCUT2D eigenvalue weighted by Crippen LogP contribution is 2.32. The molecule has 2 heterocycles. The fourth-order valence-corrected chi connectivity index (χ4v) is 4.19. The maximum absolute atomic E-state index is 13.0. The highest BCUT2D eigenvalue weighted by Gasteiger charge is 2.28. The largest absolute Gasteiger partial charge is 0.345 e. The summed E-state index contributed by atoms with van der Waals surface area (Å²) in [5.41, 5.74) is 3.33. The molecule has 1 saturated carbocycles. The molecule has 0 radical (unpaired) electrons. The van der Waals surface area contributed by atoms with Crippen molar-refractivity contribution in [3.8, 4) is 0 Å². The molecule has 1 aliphatic heterocycles. The van der Waals surface area contributed by atoms with E-state index >= 15 is 0 Å². The summed E-state index contributed by atoms with van der Waals surface area (Å²) in [4.78, 5) is 15.0. The lowest BCUT2D eigenvalue weighted by atomic mass is 9.95. The third-order valence-corrected chi connectivity index (χ3v) is 5.42. The fraction of sp³-hybridized carbons (Fsp3) is 0.722. The van der Waals surface area contributed by atoms with Crippen LogP contribution >= 0.6 is 12.4 Å². The normalized spacial score (nSPS) is 22.7. The molecule has 1 saturated heterocycles. The van der Waals surface area contributed by atoms with E-state index in [1.54, 1.807) is 0 Å². The lowest BCUT2D eigenvalue weighted by Gasteiger charge is -2.34. The van der Waals surface area contributed by atoms with E-state index in [1.807, 2.05) is 4.90 Å². The van der Waals surface area contributed by atoms with Crippen LogP contribution in [0.4, 0.5) is 0 Å². The average Bonchev–Trinajstić information content (AvgIpc) is 2.83. The Morgan fingerprint density at radius 3 is 2.57 bits per heavy atom. The molecule has 23 heavy (non-hydrogen) atoms. The number of piperazine rings is 1. The van der Waals surface area contributed by atoms with Crippen LogP contribution in [0.1, 0.15) is 66.8 Å². The summed E-state index contributed by atoms with van der Waals surface area (Å²) in [6, 6.07) is 2.98. The molecule has 1 atom stereocenters. The van der Waals surface area contributed by atoms with Gasteiger partial charge in [0.2, 0.25) is 0 Å². The molecule has 3 rings (SSSR count). The van der Waals surface area contributed by atoms with Crippen molar-refractivity contribution in [1.29, 1.82) is 0 Å². The van der Waals surface area contributed by atoms with Gasteiger partial charge in [0.05, 0.1) is 5.56 Å². The van der Waals surface area contributed by atoms with Crippen LogP contribution in [0.15, 0.2) is 6.07 Å². The van der Waals surface area contributed by atoms with E-state index in [-0.39, 0.29) is 24.4 Å². The van der Waals surface area contributed by atoms with E-state index in [4.69, 9.17) is 0 Å². The summed E-state index contributed by atoms with van der Waals surface area (Å²) in [6.07, 6.45) is 6.52. The first-order chi connectivity index (χ1) is 10.6. The van der Waals surface area contributed by atoms with Crippen molar-refractivity contribution in [3.63, 3.8) is 0 Å². The molecular formula is C18H30ClN3O. The van der Waals surface area contributed by atoms with Gasteiger partial charge in [0, 0.05) is 43.1 Å². The Morgan fingerprint density at radius 2 is 1.91 bits per heavy atom. The molecule has 2 aliphatic rings. The average molecular weight is 340 g/mol. The van der Waals surface area contributed by atoms with Crippen molar-refractivity contribution in [1.82, 2.24) is 14.8 Å². The highest BCUT2D eigenvalue weighted by atomic mass is 35.5. The molecule has 1 aliphatic carbocycles. The summed E-state index contributed by atoms with van der Waals surface area (Å²) in [5.74, 6) is 0.212. The van der Waals surface area contributed by atoms with Crippen LogP contribution < -0.4 is 5.32 Å². The van der Waals surface area contributed by atoms with E-state index in [1.165, 1.54) is 43.5 Å². The molecule has 0 bridgehead atoms. The number of amides is 1. The van der Waals surface area contributed by atoms with Crippen LogP contribution in [-0.4, -0.2) is 41.1 Å². The Labute approximate surface area is 146 Å². The zero-order valence-corrected chi connectivity index (χ0v) is 15.4. The van der Waals surface area contributed by atoms with E-state index in [0.717, 1.165) is 25.2 Å². The van der Waals surface area contributed by atoms with Gasteiger partial charge in [-0.05, 0) is 39.7 Å². The standard InChI is InChI=1S/C18H29N3O.ClH/c1-13-11-17(18(22)20-10-9-19-12-14(20)2)15(3)21(13)16-7-5-4-6-8-16;/h11,14,16,19H,4-10,12H2,1-3H3;1H/t14-;/m0./s1. The minimum absolute atomic E-state index is 0. The zero-order chi connectivity index (χ0) is 15.7. The van der Waals surface area contributed by atoms with Gasteiger partial charge < -0.3 is 14.8 Å². The van der Waals surface area contributed by atoms with Crippen molar-refractivity contribution >= 4 is 18.3 Å². The molecule has 0 unspecified atom stereocenters. The first-order valence-corrected chi connectivity index (χ1v) is 8.79. The number of carbonyl (C=O) groups excluding carboxylic acids is 1. The van der Waals surface area contributed by atoms with Crippen LogP contribution in [-0.2, 0) is 0 Å². The first kappa shape index (κ1) is 18.3. The van der Waals surface area contributed by atoms with E-state index < -0.39 is 0 Å². The Hall–Kier alpha value is -1.000. The lowest BCUT2D eigenvalue weighted by Crippen LogP contribution is -2.52. The Balaban J connectivity index is 0.00000192. The van der Waals surface area contributed by atoms with Gasteiger partial charge in [-0.2, -0.15) is 0 Å². The van der Waals surface area contributed by atoms with Crippen molar-refractivity contribution in [2.24, 2.45) is 0 Å². The Bertz CT molecular complexity index is 549. The topological polar surface area (TPSA) is 37.3 Å². The summed E-state index contributed by atoms with van der Waals surface area (Å²) in [6.45, 7) is 9.02. The fourth-order valence-electron chi connectivity index (χ4n) is 4.19. The second-order valence-corrected chi connectivity index (χ2v) is 7.00. The number of halogens is 1. The molecule has 5 heteroatoms. The summed E-state index contributed by atoms with van der Waals surface area (Å²) < 4.78 is 2.43. The lowest BCUT2D eigenvalue weighted by molar-refractivity contribution is 0.0654. The van der Waals surface area contributed by atoms with Crippen LogP contribution in [0, 0.1) is 13.8 Å². The Kier molecular flexibility index (Phi) is 6.15. The van der Waals surface area contributed by atoms with Gasteiger partial charge >= 0.3 is 0 Å². The first-order valence-electron chi connectivity index (χ1n) is 8.79. The summed E-state index contributed by atoms with van der Waals surface area (Å²) in [7, 11) is 0. The molecule has 130 valence electrons. The molecule has 4 nitrogen and oxygen atoms in total. The summed E-state index contributed by atoms with van der Waals surface area (Å²) >= 11 is 0. The van der Waals surface area contributed by atoms with E-state index in [0.29, 0.717) is 6.04 Å². The molecule has 0 spiro atoms. The molecule has 2 fully saturated rings. The maximum Gasteiger partial charge on any atom is 0.256 e. The second-order valence-electron chi connectivity index (χ2n) is 7.00. The number of nitrogens with zero attached hydrogens (tertiary/aromatic N) is 2. The molecule has 1 amide bonds. The van der Waals surface area contributed by atoms with Gasteiger partial charge in [-0.3, -0.25) is 4.79 Å². The Morgan fingerprint density at radius 1 is 1.22 bits per heavy atom. The second kappa shape index (κ2) is 7.71. The van der Waals surface area contributed by atoms with E-state index in [9.17, 15) is 4.79 Å². The monoisotopic (exact) mass is 339 g/mol. The maximum atomic E-state index is 13.0. The highest BCUT2D eigenvalue weighted by molar-refractivity contribution is 5.96. The van der Waals surface area contributed by atoms with Gasteiger partial charge in [0.15, 0.2) is 0 Å². The SMILES string of the molecule is Cc1cc(C(=O)N2CCNC[C@@H]2C)c(C)n1C1CCCCC1.Cl. The third kappa shape index (κ3) is 3.58. The predicted octanol–water partition coefficient (Wildman–Crippen LogP) is 3.47. The van der Waals surface area contributed by atoms with Crippen molar-refractivity contribution < 1.29 is 4.79 Å². The minimum atomic E-state index is 0. The van der Waals surface area contributed by atoms with Crippen LogP contribution in [0.5, 0.6) is 0 Å². The molecule has 1 aromatic heterocycles. The van der Waals surface area contributed by atoms with Crippen LogP contribution in [0.2, 0.25) is 0 Å². The van der Waals surface area contributed by atoms with Gasteiger partial charge in [0.1, 0.15) is 0 Å². The molecule has 0 aromatic carbocycles. The van der Waals surface area contributed by atoms with Crippen molar-refractivity contribution in [2.45, 2.75) is 65.0 Å². The predicted molar refractivity (Wildman–Crippen MR) is 96.6 cm³/mol. The number of rotatable bonds is 2. The molecular weight excluding hydrogens is 310 g/mol. The number of hydrogen-bond acceptors (Lipinski definition) is 2. The number of carbonyl (C=O) groups is 1. The van der Waals surface area contributed by atoms with Crippen molar-refractivity contribution in [2.75, 3.05) is 19.6 Å². The quantitative estimate of drug-likeness (QED) is 0.895. The van der Waals surface area contributed by atoms with Crippen LogP contribution in [0.3, 0.4) is 0 Å². The van der Waals surface area contributed by atoms with Crippen LogP contribution in [0.25, 0.3) is 0 Å². The number of aryl methyl sites for hydroxylation is 1. The van der Waals surface area contributed by atoms with Crippen molar-refractivity contribution in [3.05, 3.63) is 23.0 Å². The molecule has 1 N–H and O–H groups in total. The van der Waals surface area contributed by atoms with Gasteiger partial charge in [0.25, 0.3) is 5.91 Å². The molecule has 1 aromatic rings.